The van der Waals surface area contributed by atoms with Gasteiger partial charge in [-0.15, -0.1) is 0 Å². The molecule has 2 aliphatic carbocycles. The first-order chi connectivity index (χ1) is 10.4. The molecular weight excluding hydrogens is 308 g/mol. The van der Waals surface area contributed by atoms with Crippen LogP contribution in [0.3, 0.4) is 0 Å². The van der Waals surface area contributed by atoms with Gasteiger partial charge in [-0.3, -0.25) is 10.1 Å². The predicted octanol–water partition coefficient (Wildman–Crippen LogP) is 0.985. The van der Waals surface area contributed by atoms with Crippen LogP contribution in [0.2, 0.25) is 0 Å². The molecule has 1 saturated heterocycles. The Labute approximate surface area is 127 Å². The van der Waals surface area contributed by atoms with Gasteiger partial charge in [0.1, 0.15) is 0 Å². The topological polar surface area (TPSA) is 101 Å². The first-order valence-corrected chi connectivity index (χ1v) is 8.78. The smallest absolute Gasteiger partial charge is 0.269 e. The molecular formula is C14H16N2O5S. The first kappa shape index (κ1) is 14.1. The molecule has 0 radical (unpaired) electrons. The third-order valence-corrected chi connectivity index (χ3v) is 7.34. The van der Waals surface area contributed by atoms with E-state index >= 15 is 0 Å². The second-order valence-corrected chi connectivity index (χ2v) is 8.35. The van der Waals surface area contributed by atoms with Gasteiger partial charge in [0.05, 0.1) is 22.0 Å². The molecule has 1 aromatic rings. The second kappa shape index (κ2) is 4.50. The van der Waals surface area contributed by atoms with E-state index in [2.05, 4.69) is 0 Å². The van der Waals surface area contributed by atoms with E-state index in [1.807, 2.05) is 0 Å². The maximum atomic E-state index is 12.8. The van der Waals surface area contributed by atoms with Crippen molar-refractivity contribution in [2.45, 2.75) is 29.9 Å². The van der Waals surface area contributed by atoms with Gasteiger partial charge in [0, 0.05) is 18.7 Å². The summed E-state index contributed by atoms with van der Waals surface area (Å²) in [6, 6.07) is 4.61. The van der Waals surface area contributed by atoms with Crippen molar-refractivity contribution in [2.75, 3.05) is 6.54 Å². The number of aliphatic hydroxyl groups excluding tert-OH is 1. The molecule has 0 aromatic heterocycles. The molecule has 3 aliphatic rings. The number of nitro benzene ring substituents is 1. The fraction of sp³-hybridized carbons (Fsp3) is 0.571. The summed E-state index contributed by atoms with van der Waals surface area (Å²) in [6.45, 7) is 0.447. The van der Waals surface area contributed by atoms with E-state index in [1.54, 1.807) is 0 Å². The predicted molar refractivity (Wildman–Crippen MR) is 76.5 cm³/mol. The van der Waals surface area contributed by atoms with Crippen molar-refractivity contribution in [3.63, 3.8) is 0 Å². The number of non-ortho nitro benzene ring substituents is 1. The molecule has 3 fully saturated rings. The molecule has 1 N–H and O–H groups in total. The van der Waals surface area contributed by atoms with E-state index in [0.717, 1.165) is 12.8 Å². The third-order valence-electron chi connectivity index (χ3n) is 5.46. The number of sulfonamides is 1. The molecule has 8 heteroatoms. The monoisotopic (exact) mass is 324 g/mol. The van der Waals surface area contributed by atoms with Crippen molar-refractivity contribution in [3.8, 4) is 0 Å². The molecule has 5 atom stereocenters. The molecule has 2 bridgehead atoms. The number of hydrogen-bond donors (Lipinski definition) is 1. The number of aliphatic hydroxyl groups is 1. The lowest BCUT2D eigenvalue weighted by Gasteiger charge is -2.28. The molecule has 2 saturated carbocycles. The van der Waals surface area contributed by atoms with E-state index < -0.39 is 21.1 Å². The van der Waals surface area contributed by atoms with Crippen LogP contribution in [0.15, 0.2) is 29.2 Å². The minimum absolute atomic E-state index is 0.0510. The molecule has 4 rings (SSSR count). The van der Waals surface area contributed by atoms with Gasteiger partial charge in [-0.2, -0.15) is 4.31 Å². The lowest BCUT2D eigenvalue weighted by Crippen LogP contribution is -2.43. The Morgan fingerprint density at radius 3 is 2.45 bits per heavy atom. The number of nitro groups is 1. The quantitative estimate of drug-likeness (QED) is 0.660. The van der Waals surface area contributed by atoms with Crippen LogP contribution in [0.5, 0.6) is 0 Å². The number of nitrogens with zero attached hydrogens (tertiary/aromatic N) is 2. The fourth-order valence-corrected chi connectivity index (χ4v) is 6.25. The van der Waals surface area contributed by atoms with Gasteiger partial charge < -0.3 is 5.11 Å². The second-order valence-electron chi connectivity index (χ2n) is 6.46. The van der Waals surface area contributed by atoms with Crippen LogP contribution in [0.4, 0.5) is 5.69 Å². The standard InChI is InChI=1S/C14H16N2O5S/c17-14-8-5-9-7-15(13(14)12(9)6-8)22(20,21)11-3-1-10(2-4-11)16(18)19/h1-4,8-9,12-14,17H,5-7H2. The van der Waals surface area contributed by atoms with Gasteiger partial charge in [-0.25, -0.2) is 8.42 Å². The summed E-state index contributed by atoms with van der Waals surface area (Å²) in [5.41, 5.74) is -0.138. The summed E-state index contributed by atoms with van der Waals surface area (Å²) in [5.74, 6) is 0.816. The maximum Gasteiger partial charge on any atom is 0.269 e. The van der Waals surface area contributed by atoms with E-state index in [4.69, 9.17) is 0 Å². The zero-order valence-corrected chi connectivity index (χ0v) is 12.5. The molecule has 0 amide bonds. The van der Waals surface area contributed by atoms with Crippen molar-refractivity contribution in [1.82, 2.24) is 4.31 Å². The highest BCUT2D eigenvalue weighted by Crippen LogP contribution is 2.56. The van der Waals surface area contributed by atoms with Crippen molar-refractivity contribution in [2.24, 2.45) is 17.8 Å². The highest BCUT2D eigenvalue weighted by atomic mass is 32.2. The summed E-state index contributed by atoms with van der Waals surface area (Å²) in [5, 5.41) is 21.0. The number of fused-ring (bicyclic) bond motifs is 1. The molecule has 5 unspecified atom stereocenters. The Balaban J connectivity index is 1.68. The highest BCUT2D eigenvalue weighted by molar-refractivity contribution is 7.89. The van der Waals surface area contributed by atoms with Gasteiger partial charge in [-0.1, -0.05) is 0 Å². The van der Waals surface area contributed by atoms with Crippen LogP contribution < -0.4 is 0 Å². The largest absolute Gasteiger partial charge is 0.391 e. The zero-order valence-electron chi connectivity index (χ0n) is 11.7. The van der Waals surface area contributed by atoms with Crippen LogP contribution in [-0.2, 0) is 10.0 Å². The summed E-state index contributed by atoms with van der Waals surface area (Å²) in [7, 11) is -3.72. The Morgan fingerprint density at radius 1 is 1.18 bits per heavy atom. The van der Waals surface area contributed by atoms with Crippen molar-refractivity contribution in [1.29, 1.82) is 0 Å². The van der Waals surface area contributed by atoms with Crippen molar-refractivity contribution >= 4 is 15.7 Å². The maximum absolute atomic E-state index is 12.8. The molecule has 1 aromatic carbocycles. The number of rotatable bonds is 3. The average molecular weight is 324 g/mol. The zero-order chi connectivity index (χ0) is 15.6. The van der Waals surface area contributed by atoms with Gasteiger partial charge in [0.25, 0.3) is 5.69 Å². The normalized spacial score (nSPS) is 36.9. The Kier molecular flexibility index (Phi) is 2.88. The van der Waals surface area contributed by atoms with Gasteiger partial charge in [0.2, 0.25) is 10.0 Å². The first-order valence-electron chi connectivity index (χ1n) is 7.34. The molecule has 1 aliphatic heterocycles. The van der Waals surface area contributed by atoms with Gasteiger partial charge in [0.15, 0.2) is 0 Å². The molecule has 118 valence electrons. The van der Waals surface area contributed by atoms with Crippen LogP contribution in [0, 0.1) is 27.9 Å². The van der Waals surface area contributed by atoms with E-state index in [1.165, 1.54) is 28.6 Å². The SMILES string of the molecule is O=[N+]([O-])c1ccc(S(=O)(=O)N2CC3CC4CC3C2C4O)cc1. The summed E-state index contributed by atoms with van der Waals surface area (Å²) >= 11 is 0. The lowest BCUT2D eigenvalue weighted by atomic mass is 9.88. The number of benzene rings is 1. The third kappa shape index (κ3) is 1.77. The van der Waals surface area contributed by atoms with E-state index in [0.29, 0.717) is 12.5 Å². The van der Waals surface area contributed by atoms with Crippen LogP contribution in [-0.4, -0.2) is 41.4 Å². The van der Waals surface area contributed by atoms with Gasteiger partial charge >= 0.3 is 0 Å². The van der Waals surface area contributed by atoms with E-state index in [9.17, 15) is 23.6 Å². The highest BCUT2D eigenvalue weighted by Gasteiger charge is 2.61. The fourth-order valence-electron chi connectivity index (χ4n) is 4.51. The molecule has 7 nitrogen and oxygen atoms in total. The summed E-state index contributed by atoms with van der Waals surface area (Å²) < 4.78 is 27.0. The van der Waals surface area contributed by atoms with Crippen LogP contribution >= 0.6 is 0 Å². The molecule has 22 heavy (non-hydrogen) atoms. The summed E-state index contributed by atoms with van der Waals surface area (Å²) in [6.07, 6.45) is 1.22. The lowest BCUT2D eigenvalue weighted by molar-refractivity contribution is -0.384. The Bertz CT molecular complexity index is 730. The Hall–Kier alpha value is -1.51. The van der Waals surface area contributed by atoms with Crippen LogP contribution in [0.1, 0.15) is 12.8 Å². The molecule has 1 heterocycles. The minimum Gasteiger partial charge on any atom is -0.391 e. The van der Waals surface area contributed by atoms with Crippen LogP contribution in [0.25, 0.3) is 0 Å². The van der Waals surface area contributed by atoms with Crippen molar-refractivity contribution in [3.05, 3.63) is 34.4 Å². The van der Waals surface area contributed by atoms with E-state index in [-0.39, 0.29) is 28.5 Å². The van der Waals surface area contributed by atoms with Crippen molar-refractivity contribution < 1.29 is 18.4 Å². The minimum atomic E-state index is -3.72. The average Bonchev–Trinajstić information content (AvgIpc) is 3.09. The number of hydrogen-bond acceptors (Lipinski definition) is 5. The Morgan fingerprint density at radius 2 is 1.86 bits per heavy atom. The van der Waals surface area contributed by atoms with Gasteiger partial charge in [-0.05, 0) is 42.7 Å². The molecule has 0 spiro atoms. The summed E-state index contributed by atoms with van der Waals surface area (Å²) in [4.78, 5) is 10.2.